The lowest BCUT2D eigenvalue weighted by atomic mass is 9.91. The maximum absolute atomic E-state index is 13.1. The largest absolute Gasteiger partial charge is 0.357 e. The highest BCUT2D eigenvalue weighted by atomic mass is 35.5. The Morgan fingerprint density at radius 1 is 1.00 bits per heavy atom. The molecule has 9 nitrogen and oxygen atoms in total. The molecule has 1 heterocycles. The van der Waals surface area contributed by atoms with Gasteiger partial charge in [0.05, 0.1) is 29.1 Å². The highest BCUT2D eigenvalue weighted by Gasteiger charge is 2.36. The second-order valence-electron chi connectivity index (χ2n) is 9.93. The predicted octanol–water partition coefficient (Wildman–Crippen LogP) is 4.19. The normalized spacial score (nSPS) is 14.5. The van der Waals surface area contributed by atoms with Crippen LogP contribution in [-0.2, 0) is 14.8 Å². The second kappa shape index (κ2) is 12.9. The molecule has 3 aromatic rings. The van der Waals surface area contributed by atoms with Gasteiger partial charge in [0, 0.05) is 41.7 Å². The van der Waals surface area contributed by atoms with Gasteiger partial charge in [-0.15, -0.1) is 0 Å². The molecule has 3 aromatic carbocycles. The van der Waals surface area contributed by atoms with Crippen LogP contribution < -0.4 is 15.4 Å². The van der Waals surface area contributed by atoms with Gasteiger partial charge in [-0.1, -0.05) is 47.5 Å². The number of carbonyl (C=O) groups is 2. The van der Waals surface area contributed by atoms with Crippen LogP contribution in [0.15, 0.2) is 66.7 Å². The van der Waals surface area contributed by atoms with Crippen molar-refractivity contribution >= 4 is 50.7 Å². The number of nitriles is 1. The van der Waals surface area contributed by atoms with Gasteiger partial charge in [-0.05, 0) is 60.5 Å². The zero-order chi connectivity index (χ0) is 29.7. The van der Waals surface area contributed by atoms with Gasteiger partial charge in [0.25, 0.3) is 5.91 Å². The van der Waals surface area contributed by atoms with Gasteiger partial charge in [-0.2, -0.15) is 5.26 Å². The number of rotatable bonds is 10. The Balaban J connectivity index is 1.45. The van der Waals surface area contributed by atoms with Crippen molar-refractivity contribution < 1.29 is 18.0 Å². The zero-order valence-corrected chi connectivity index (χ0v) is 24.7. The van der Waals surface area contributed by atoms with E-state index in [2.05, 4.69) is 20.3 Å². The summed E-state index contributed by atoms with van der Waals surface area (Å²) < 4.78 is 28.7. The second-order valence-corrected chi connectivity index (χ2v) is 12.6. The van der Waals surface area contributed by atoms with Crippen LogP contribution in [0.25, 0.3) is 0 Å². The Morgan fingerprint density at radius 3 is 2.07 bits per heavy atom. The minimum Gasteiger partial charge on any atom is -0.357 e. The van der Waals surface area contributed by atoms with Crippen molar-refractivity contribution in [1.29, 1.82) is 5.26 Å². The molecule has 0 aromatic heterocycles. The molecule has 1 aliphatic rings. The molecule has 1 unspecified atom stereocenters. The molecule has 41 heavy (non-hydrogen) atoms. The van der Waals surface area contributed by atoms with Gasteiger partial charge in [-0.25, -0.2) is 8.42 Å². The molecule has 0 bridgehead atoms. The van der Waals surface area contributed by atoms with Crippen molar-refractivity contribution in [1.82, 2.24) is 15.5 Å². The van der Waals surface area contributed by atoms with Crippen LogP contribution in [0.3, 0.4) is 0 Å². The fourth-order valence-electron chi connectivity index (χ4n) is 4.81. The van der Waals surface area contributed by atoms with E-state index in [4.69, 9.17) is 23.2 Å². The highest BCUT2D eigenvalue weighted by Crippen LogP contribution is 2.36. The molecular weight excluding hydrogens is 585 g/mol. The molecule has 3 N–H and O–H groups in total. The zero-order valence-electron chi connectivity index (χ0n) is 22.4. The molecule has 0 radical (unpaired) electrons. The number of anilines is 1. The van der Waals surface area contributed by atoms with Gasteiger partial charge in [0.15, 0.2) is 0 Å². The molecule has 1 atom stereocenters. The van der Waals surface area contributed by atoms with E-state index >= 15 is 0 Å². The maximum atomic E-state index is 13.1. The summed E-state index contributed by atoms with van der Waals surface area (Å²) in [6.45, 7) is 2.60. The lowest BCUT2D eigenvalue weighted by molar-refractivity contribution is -0.122. The topological polar surface area (TPSA) is 131 Å². The van der Waals surface area contributed by atoms with E-state index in [0.717, 1.165) is 11.1 Å². The van der Waals surface area contributed by atoms with E-state index in [-0.39, 0.29) is 40.4 Å². The molecular formula is C29H29Cl2N5O4S. The molecule has 1 aliphatic heterocycles. The Morgan fingerprint density at radius 2 is 1.56 bits per heavy atom. The number of nitrogens with zero attached hydrogens (tertiary/aromatic N) is 2. The number of benzene rings is 3. The number of nitrogens with one attached hydrogen (secondary N) is 3. The van der Waals surface area contributed by atoms with Crippen LogP contribution in [0.1, 0.15) is 40.0 Å². The first-order valence-electron chi connectivity index (χ1n) is 12.8. The first-order chi connectivity index (χ1) is 19.5. The van der Waals surface area contributed by atoms with E-state index < -0.39 is 22.0 Å². The number of carbonyl (C=O) groups excluding carboxylic acids is 2. The summed E-state index contributed by atoms with van der Waals surface area (Å²) in [6.07, 6.45) is 0. The van der Waals surface area contributed by atoms with E-state index in [0.29, 0.717) is 23.1 Å². The van der Waals surface area contributed by atoms with Gasteiger partial charge >= 0.3 is 0 Å². The summed E-state index contributed by atoms with van der Waals surface area (Å²) in [7, 11) is -2.36. The minimum atomic E-state index is -3.81. The number of hydrogen-bond acceptors (Lipinski definition) is 6. The first kappa shape index (κ1) is 30.3. The molecule has 12 heteroatoms. The monoisotopic (exact) mass is 613 g/mol. The van der Waals surface area contributed by atoms with Gasteiger partial charge in [-0.3, -0.25) is 19.2 Å². The summed E-state index contributed by atoms with van der Waals surface area (Å²) in [6, 6.07) is 20.2. The summed E-state index contributed by atoms with van der Waals surface area (Å²) in [4.78, 5) is 26.6. The maximum Gasteiger partial charge on any atom is 0.252 e. The van der Waals surface area contributed by atoms with Crippen LogP contribution in [0.5, 0.6) is 0 Å². The van der Waals surface area contributed by atoms with E-state index in [1.807, 2.05) is 54.6 Å². The summed E-state index contributed by atoms with van der Waals surface area (Å²) in [5, 5.41) is 15.6. The van der Waals surface area contributed by atoms with E-state index in [9.17, 15) is 23.3 Å². The molecule has 1 saturated heterocycles. The highest BCUT2D eigenvalue weighted by molar-refractivity contribution is 7.92. The van der Waals surface area contributed by atoms with Gasteiger partial charge in [0.2, 0.25) is 15.9 Å². The van der Waals surface area contributed by atoms with Crippen molar-refractivity contribution in [3.8, 4) is 6.07 Å². The van der Waals surface area contributed by atoms with Crippen LogP contribution in [0, 0.1) is 17.2 Å². The molecule has 0 saturated carbocycles. The number of halogens is 2. The van der Waals surface area contributed by atoms with Gasteiger partial charge in [0.1, 0.15) is 6.04 Å². The minimum absolute atomic E-state index is 0.0566. The van der Waals surface area contributed by atoms with Crippen LogP contribution in [0.2, 0.25) is 10.0 Å². The van der Waals surface area contributed by atoms with E-state index in [1.165, 1.54) is 32.2 Å². The molecule has 1 fully saturated rings. The Hall–Kier alpha value is -3.62. The van der Waals surface area contributed by atoms with Gasteiger partial charge < -0.3 is 10.6 Å². The molecule has 214 valence electrons. The average molecular weight is 615 g/mol. The first-order valence-corrected chi connectivity index (χ1v) is 15.2. The molecule has 0 aliphatic carbocycles. The quantitative estimate of drug-likeness (QED) is 0.314. The third-order valence-corrected chi connectivity index (χ3v) is 8.72. The number of sulfonamides is 1. The predicted molar refractivity (Wildman–Crippen MR) is 159 cm³/mol. The number of likely N-dealkylation sites (N-methyl/N-ethyl adjacent to an activating group) is 1. The molecule has 2 amide bonds. The number of amides is 2. The fourth-order valence-corrected chi connectivity index (χ4v) is 6.45. The lowest BCUT2D eigenvalue weighted by Gasteiger charge is -2.44. The van der Waals surface area contributed by atoms with Crippen molar-refractivity contribution in [3.63, 3.8) is 0 Å². The summed E-state index contributed by atoms with van der Waals surface area (Å²) >= 11 is 12.2. The smallest absolute Gasteiger partial charge is 0.252 e. The fraction of sp³-hybridized carbons (Fsp3) is 0.276. The van der Waals surface area contributed by atoms with Crippen molar-refractivity contribution in [3.05, 3.63) is 99.0 Å². The Kier molecular flexibility index (Phi) is 9.56. The lowest BCUT2D eigenvalue weighted by Crippen LogP contribution is -2.51. The third-order valence-electron chi connectivity index (χ3n) is 6.76. The SMILES string of the molecule is CNC(=O)C(C)NC(=O)c1cc(C#N)cc(NS(=O)(=O)CC2CN(C(c3ccc(Cl)cc3)c3ccc(Cl)cc3)C2)c1. The Bertz CT molecular complexity index is 1520. The Labute approximate surface area is 249 Å². The van der Waals surface area contributed by atoms with Crippen molar-refractivity contribution in [2.45, 2.75) is 19.0 Å². The van der Waals surface area contributed by atoms with Crippen LogP contribution in [-0.4, -0.2) is 57.1 Å². The van der Waals surface area contributed by atoms with Crippen LogP contribution >= 0.6 is 23.2 Å². The van der Waals surface area contributed by atoms with E-state index in [1.54, 1.807) is 0 Å². The van der Waals surface area contributed by atoms with Crippen molar-refractivity contribution in [2.24, 2.45) is 5.92 Å². The molecule has 0 spiro atoms. The standard InChI is InChI=1S/C29H29Cl2N5O4S/c1-18(28(37)33-2)34-29(38)23-11-19(14-32)12-26(13-23)35-41(39,40)17-20-15-36(16-20)27(21-3-7-24(30)8-4-21)22-5-9-25(31)10-6-22/h3-13,18,20,27,35H,15-17H2,1-2H3,(H,33,37)(H,34,38). The number of hydrogen-bond donors (Lipinski definition) is 3. The summed E-state index contributed by atoms with van der Waals surface area (Å²) in [5.74, 6) is -1.27. The van der Waals surface area contributed by atoms with Crippen LogP contribution in [0.4, 0.5) is 5.69 Å². The summed E-state index contributed by atoms with van der Waals surface area (Å²) in [5.41, 5.74) is 2.31. The molecule has 4 rings (SSSR count). The average Bonchev–Trinajstić information content (AvgIpc) is 2.92. The van der Waals surface area contributed by atoms with Crippen molar-refractivity contribution in [2.75, 3.05) is 30.6 Å². The third kappa shape index (κ3) is 7.77. The number of likely N-dealkylation sites (tertiary alicyclic amines) is 1.